The van der Waals surface area contributed by atoms with Crippen molar-refractivity contribution in [1.29, 1.82) is 5.26 Å². The molecule has 0 amide bonds. The molecule has 0 aliphatic carbocycles. The molecule has 106 valence electrons. The largest absolute Gasteiger partial charge is 0.399 e. The van der Waals surface area contributed by atoms with Crippen LogP contribution >= 0.6 is 12.4 Å². The summed E-state index contributed by atoms with van der Waals surface area (Å²) in [4.78, 5) is 4.18. The molecule has 0 bridgehead atoms. The second kappa shape index (κ2) is 7.41. The number of rotatable bonds is 5. The first-order chi connectivity index (χ1) is 9.20. The van der Waals surface area contributed by atoms with E-state index in [0.29, 0.717) is 11.3 Å². The van der Waals surface area contributed by atoms with Gasteiger partial charge in [-0.1, -0.05) is 0 Å². The summed E-state index contributed by atoms with van der Waals surface area (Å²) >= 11 is 0. The Kier molecular flexibility index (Phi) is 5.88. The van der Waals surface area contributed by atoms with Crippen LogP contribution in [0, 0.1) is 18.3 Å². The van der Waals surface area contributed by atoms with Crippen molar-refractivity contribution in [2.45, 2.75) is 19.9 Å². The average Bonchev–Trinajstić information content (AvgIpc) is 2.81. The number of imidazole rings is 1. The maximum absolute atomic E-state index is 9.03. The van der Waals surface area contributed by atoms with Gasteiger partial charge in [0.05, 0.1) is 11.3 Å². The van der Waals surface area contributed by atoms with E-state index in [-0.39, 0.29) is 12.4 Å². The van der Waals surface area contributed by atoms with Gasteiger partial charge >= 0.3 is 0 Å². The third-order valence-electron chi connectivity index (χ3n) is 2.98. The Bertz CT molecular complexity index is 600. The van der Waals surface area contributed by atoms with E-state index in [1.807, 2.05) is 19.2 Å². The zero-order valence-corrected chi connectivity index (χ0v) is 12.2. The van der Waals surface area contributed by atoms with Crippen LogP contribution in [0.5, 0.6) is 0 Å². The predicted molar refractivity (Wildman–Crippen MR) is 82.9 cm³/mol. The number of nitrogen functional groups attached to an aromatic ring is 1. The number of benzene rings is 1. The van der Waals surface area contributed by atoms with Gasteiger partial charge < -0.3 is 15.6 Å². The molecule has 0 atom stereocenters. The quantitative estimate of drug-likeness (QED) is 0.655. The number of nitrogens with two attached hydrogens (primary N) is 1. The summed E-state index contributed by atoms with van der Waals surface area (Å²) in [6.45, 7) is 3.70. The number of aryl methyl sites for hydroxylation is 2. The highest BCUT2D eigenvalue weighted by Crippen LogP contribution is 2.17. The Balaban J connectivity index is 0.00000200. The van der Waals surface area contributed by atoms with Gasteiger partial charge in [0.25, 0.3) is 0 Å². The molecule has 5 nitrogen and oxygen atoms in total. The minimum absolute atomic E-state index is 0. The highest BCUT2D eigenvalue weighted by atomic mass is 35.5. The minimum Gasteiger partial charge on any atom is -0.399 e. The molecule has 0 saturated carbocycles. The molecule has 0 spiro atoms. The van der Waals surface area contributed by atoms with Crippen molar-refractivity contribution in [1.82, 2.24) is 9.55 Å². The van der Waals surface area contributed by atoms with Gasteiger partial charge in [-0.05, 0) is 31.5 Å². The maximum Gasteiger partial charge on any atom is 0.105 e. The molecule has 0 aliphatic rings. The maximum atomic E-state index is 9.03. The molecule has 0 fully saturated rings. The number of aromatic nitrogens is 2. The fourth-order valence-corrected chi connectivity index (χ4v) is 1.92. The molecule has 0 aliphatic heterocycles. The Labute approximate surface area is 124 Å². The number of nitrogens with one attached hydrogen (secondary N) is 1. The highest BCUT2D eigenvalue weighted by molar-refractivity contribution is 5.85. The van der Waals surface area contributed by atoms with Crippen LogP contribution in [0.3, 0.4) is 0 Å². The van der Waals surface area contributed by atoms with Crippen molar-refractivity contribution in [2.24, 2.45) is 0 Å². The molecule has 20 heavy (non-hydrogen) atoms. The molecule has 1 aromatic heterocycles. The second-order valence-electron chi connectivity index (χ2n) is 4.37. The normalized spacial score (nSPS) is 9.60. The van der Waals surface area contributed by atoms with E-state index in [2.05, 4.69) is 20.9 Å². The van der Waals surface area contributed by atoms with Gasteiger partial charge in [-0.25, -0.2) is 4.98 Å². The van der Waals surface area contributed by atoms with Gasteiger partial charge in [-0.15, -0.1) is 12.4 Å². The predicted octanol–water partition coefficient (Wildman–Crippen LogP) is 2.57. The van der Waals surface area contributed by atoms with E-state index in [0.717, 1.165) is 31.0 Å². The van der Waals surface area contributed by atoms with Crippen molar-refractivity contribution < 1.29 is 0 Å². The molecule has 2 rings (SSSR count). The number of halogens is 1. The summed E-state index contributed by atoms with van der Waals surface area (Å²) in [5.41, 5.74) is 7.67. The smallest absolute Gasteiger partial charge is 0.105 e. The van der Waals surface area contributed by atoms with Crippen LogP contribution in [-0.4, -0.2) is 16.1 Å². The summed E-state index contributed by atoms with van der Waals surface area (Å²) < 4.78 is 2.11. The number of hydrogen-bond acceptors (Lipinski definition) is 4. The molecule has 0 unspecified atom stereocenters. The SMILES string of the molecule is Cc1nccn1CCCNc1ccc(N)cc1C#N.Cl. The molecular formula is C14H18ClN5. The van der Waals surface area contributed by atoms with Crippen LogP contribution in [0.1, 0.15) is 17.8 Å². The molecule has 0 radical (unpaired) electrons. The third-order valence-corrected chi connectivity index (χ3v) is 2.98. The monoisotopic (exact) mass is 291 g/mol. The van der Waals surface area contributed by atoms with Gasteiger partial charge in [0.1, 0.15) is 11.9 Å². The summed E-state index contributed by atoms with van der Waals surface area (Å²) in [6, 6.07) is 7.46. The lowest BCUT2D eigenvalue weighted by Gasteiger charge is -2.09. The van der Waals surface area contributed by atoms with Gasteiger partial charge in [0, 0.05) is 31.2 Å². The standard InChI is InChI=1S/C14H17N5.ClH/c1-11-17-6-8-19(11)7-2-5-18-14-4-3-13(16)9-12(14)10-15;/h3-4,6,8-9,18H,2,5,7,16H2,1H3;1H. The van der Waals surface area contributed by atoms with Crippen LogP contribution in [0.25, 0.3) is 0 Å². The van der Waals surface area contributed by atoms with Crippen LogP contribution in [-0.2, 0) is 6.54 Å². The second-order valence-corrected chi connectivity index (χ2v) is 4.37. The molecule has 1 aromatic carbocycles. The van der Waals surface area contributed by atoms with E-state index in [1.165, 1.54) is 0 Å². The summed E-state index contributed by atoms with van der Waals surface area (Å²) in [6.07, 6.45) is 4.74. The zero-order chi connectivity index (χ0) is 13.7. The first-order valence-electron chi connectivity index (χ1n) is 6.22. The zero-order valence-electron chi connectivity index (χ0n) is 11.3. The molecular weight excluding hydrogens is 274 g/mol. The molecule has 2 aromatic rings. The average molecular weight is 292 g/mol. The lowest BCUT2D eigenvalue weighted by atomic mass is 10.1. The van der Waals surface area contributed by atoms with Crippen molar-refractivity contribution in [2.75, 3.05) is 17.6 Å². The van der Waals surface area contributed by atoms with Crippen LogP contribution in [0.2, 0.25) is 0 Å². The van der Waals surface area contributed by atoms with Gasteiger partial charge in [-0.2, -0.15) is 5.26 Å². The lowest BCUT2D eigenvalue weighted by Crippen LogP contribution is -2.08. The van der Waals surface area contributed by atoms with E-state index in [9.17, 15) is 0 Å². The molecule has 3 N–H and O–H groups in total. The number of nitriles is 1. The van der Waals surface area contributed by atoms with Crippen molar-refractivity contribution in [3.8, 4) is 6.07 Å². The Hall–Kier alpha value is -2.19. The first-order valence-corrected chi connectivity index (χ1v) is 6.22. The van der Waals surface area contributed by atoms with Crippen molar-refractivity contribution in [3.05, 3.63) is 42.0 Å². The fourth-order valence-electron chi connectivity index (χ4n) is 1.92. The van der Waals surface area contributed by atoms with Gasteiger partial charge in [0.15, 0.2) is 0 Å². The summed E-state index contributed by atoms with van der Waals surface area (Å²) in [5.74, 6) is 1.02. The van der Waals surface area contributed by atoms with E-state index < -0.39 is 0 Å². The molecule has 1 heterocycles. The minimum atomic E-state index is 0. The lowest BCUT2D eigenvalue weighted by molar-refractivity contribution is 0.642. The van der Waals surface area contributed by atoms with Gasteiger partial charge in [-0.3, -0.25) is 0 Å². The molecule has 0 saturated heterocycles. The van der Waals surface area contributed by atoms with Crippen molar-refractivity contribution >= 4 is 23.8 Å². The van der Waals surface area contributed by atoms with Crippen LogP contribution in [0.15, 0.2) is 30.6 Å². The molecule has 6 heteroatoms. The van der Waals surface area contributed by atoms with E-state index >= 15 is 0 Å². The first kappa shape index (κ1) is 15.9. The number of hydrogen-bond donors (Lipinski definition) is 2. The number of anilines is 2. The summed E-state index contributed by atoms with van der Waals surface area (Å²) in [7, 11) is 0. The van der Waals surface area contributed by atoms with Crippen molar-refractivity contribution in [3.63, 3.8) is 0 Å². The van der Waals surface area contributed by atoms with Crippen LogP contribution < -0.4 is 11.1 Å². The van der Waals surface area contributed by atoms with E-state index in [1.54, 1.807) is 18.3 Å². The third kappa shape index (κ3) is 3.90. The topological polar surface area (TPSA) is 79.7 Å². The van der Waals surface area contributed by atoms with Crippen LogP contribution in [0.4, 0.5) is 11.4 Å². The Morgan fingerprint density at radius 1 is 1.45 bits per heavy atom. The number of nitrogens with zero attached hydrogens (tertiary/aromatic N) is 3. The Morgan fingerprint density at radius 3 is 2.90 bits per heavy atom. The Morgan fingerprint density at radius 2 is 2.25 bits per heavy atom. The summed E-state index contributed by atoms with van der Waals surface area (Å²) in [5, 5.41) is 12.3. The fraction of sp³-hybridized carbons (Fsp3) is 0.286. The highest BCUT2D eigenvalue weighted by Gasteiger charge is 2.02. The van der Waals surface area contributed by atoms with Gasteiger partial charge in [0.2, 0.25) is 0 Å². The van der Waals surface area contributed by atoms with E-state index in [4.69, 9.17) is 11.0 Å².